The summed E-state index contributed by atoms with van der Waals surface area (Å²) in [5.74, 6) is 0. The lowest BCUT2D eigenvalue weighted by atomic mass is 10.8. The van der Waals surface area contributed by atoms with Gasteiger partial charge in [-0.1, -0.05) is 0 Å². The second kappa shape index (κ2) is 23.5. The molecule has 0 aromatic rings. The second-order valence-corrected chi connectivity index (χ2v) is 2.38. The Kier molecular flexibility index (Phi) is 31.6. The van der Waals surface area contributed by atoms with Crippen LogP contribution in [0.15, 0.2) is 0 Å². The number of aliphatic hydroxyl groups is 5. The second-order valence-electron chi connectivity index (χ2n) is 1.67. The molecule has 8 nitrogen and oxygen atoms in total. The highest BCUT2D eigenvalue weighted by atomic mass is 32.2. The van der Waals surface area contributed by atoms with Crippen molar-refractivity contribution in [1.29, 1.82) is 0 Å². The molecular weight excluding hydrogens is 232 g/mol. The van der Waals surface area contributed by atoms with Crippen molar-refractivity contribution in [1.82, 2.24) is 0 Å². The first-order valence-electron chi connectivity index (χ1n) is 3.92. The maximum Gasteiger partial charge on any atom is 0.257 e. The Morgan fingerprint density at radius 2 is 1.07 bits per heavy atom. The van der Waals surface area contributed by atoms with Crippen LogP contribution in [0.3, 0.4) is 0 Å². The summed E-state index contributed by atoms with van der Waals surface area (Å²) in [6.45, 7) is -0.901. The van der Waals surface area contributed by atoms with Crippen LogP contribution in [0.1, 0.15) is 0 Å². The first-order chi connectivity index (χ1) is 7.10. The van der Waals surface area contributed by atoms with Gasteiger partial charge in [-0.2, -0.15) is 0 Å². The summed E-state index contributed by atoms with van der Waals surface area (Å²) < 4.78 is 22.8. The normalized spacial score (nSPS) is 8.67. The third kappa shape index (κ3) is 57.7. The van der Waals surface area contributed by atoms with E-state index < -0.39 is 11.0 Å². The molecule has 0 aromatic carbocycles. The molecule has 0 aliphatic carbocycles. The number of rotatable bonds is 5. The van der Waals surface area contributed by atoms with Gasteiger partial charge in [0.1, 0.15) is 0 Å². The highest BCUT2D eigenvalue weighted by molar-refractivity contribution is 7.67. The minimum absolute atomic E-state index is 0.125. The van der Waals surface area contributed by atoms with Gasteiger partial charge in [-0.05, 0) is 0 Å². The van der Waals surface area contributed by atoms with Crippen molar-refractivity contribution < 1.29 is 38.1 Å². The van der Waals surface area contributed by atoms with Gasteiger partial charge in [-0.15, -0.1) is 0 Å². The molecule has 0 amide bonds. The Bertz CT molecular complexity index is 132. The largest absolute Gasteiger partial charge is 0.394 e. The predicted octanol–water partition coefficient (Wildman–Crippen LogP) is -3.54. The van der Waals surface area contributed by atoms with Gasteiger partial charge in [0.15, 0.2) is 0 Å². The van der Waals surface area contributed by atoms with E-state index in [9.17, 15) is 8.42 Å². The summed E-state index contributed by atoms with van der Waals surface area (Å²) in [7, 11) is -2.77. The molecule has 0 aliphatic rings. The van der Waals surface area contributed by atoms with Crippen molar-refractivity contribution in [2.24, 2.45) is 0 Å². The summed E-state index contributed by atoms with van der Waals surface area (Å²) in [5.41, 5.74) is 0. The molecule has 5 N–H and O–H groups in total. The van der Waals surface area contributed by atoms with Gasteiger partial charge >= 0.3 is 0 Å². The molecule has 0 bridgehead atoms. The first-order valence-corrected chi connectivity index (χ1v) is 5.01. The van der Waals surface area contributed by atoms with E-state index in [4.69, 9.17) is 25.5 Å². The topological polar surface area (TPSA) is 145 Å². The monoisotopic (exact) mass is 250 g/mol. The fraction of sp³-hybridized carbons (Fsp3) is 1.00. The quantitative estimate of drug-likeness (QED) is 0.275. The van der Waals surface area contributed by atoms with Crippen LogP contribution < -0.4 is 0 Å². The molecule has 9 heteroatoms. The zero-order valence-electron chi connectivity index (χ0n) is 8.15. The van der Waals surface area contributed by atoms with Gasteiger partial charge in [0.25, 0.3) is 11.0 Å². The number of aliphatic hydroxyl groups excluding tert-OH is 5. The van der Waals surface area contributed by atoms with Crippen LogP contribution in [-0.4, -0.2) is 73.6 Å². The lowest BCUT2D eigenvalue weighted by Crippen LogP contribution is -1.95. The van der Waals surface area contributed by atoms with E-state index in [-0.39, 0.29) is 39.6 Å². The van der Waals surface area contributed by atoms with Crippen molar-refractivity contribution in [3.05, 3.63) is 0 Å². The van der Waals surface area contributed by atoms with E-state index in [1.165, 1.54) is 0 Å². The first kappa shape index (κ1) is 20.2. The van der Waals surface area contributed by atoms with E-state index in [0.29, 0.717) is 0 Å². The van der Waals surface area contributed by atoms with Gasteiger partial charge in [-0.3, -0.25) is 4.18 Å². The maximum absolute atomic E-state index is 9.46. The molecule has 0 spiro atoms. The molecule has 0 radical (unpaired) electrons. The lowest BCUT2D eigenvalue weighted by Gasteiger charge is -1.84. The molecule has 15 heavy (non-hydrogen) atoms. The van der Waals surface area contributed by atoms with Gasteiger partial charge < -0.3 is 25.5 Å². The number of hydrogen-bond donors (Lipinski definition) is 6. The Hall–Kier alpha value is -0.290. The molecule has 0 aliphatic heterocycles. The highest BCUT2D eigenvalue weighted by Gasteiger charge is 1.80. The predicted molar refractivity (Wildman–Crippen MR) is 51.7 cm³/mol. The smallest absolute Gasteiger partial charge is 0.257 e. The van der Waals surface area contributed by atoms with Crippen molar-refractivity contribution in [3.63, 3.8) is 0 Å². The van der Waals surface area contributed by atoms with E-state index in [1.807, 2.05) is 0 Å². The van der Waals surface area contributed by atoms with Crippen molar-refractivity contribution in [3.8, 4) is 0 Å². The van der Waals surface area contributed by atoms with Gasteiger partial charge in [0, 0.05) is 0 Å². The van der Waals surface area contributed by atoms with Gasteiger partial charge in [0.2, 0.25) is 0 Å². The average Bonchev–Trinajstić information content (AvgIpc) is 2.27. The minimum atomic E-state index is -2.77. The van der Waals surface area contributed by atoms with Crippen LogP contribution in [-0.2, 0) is 15.2 Å². The third-order valence-electron chi connectivity index (χ3n) is 0.488. The highest BCUT2D eigenvalue weighted by Crippen LogP contribution is 1.67. The van der Waals surface area contributed by atoms with Crippen molar-refractivity contribution in [2.75, 3.05) is 39.6 Å². The van der Waals surface area contributed by atoms with Crippen LogP contribution in [0.2, 0.25) is 0 Å². The SMILES string of the molecule is O=[SH](=O)OCCO.OCCO.OCCO. The van der Waals surface area contributed by atoms with Crippen LogP contribution in [0.25, 0.3) is 0 Å². The number of thiol groups is 1. The average molecular weight is 250 g/mol. The fourth-order valence-corrected chi connectivity index (χ4v) is 0.346. The van der Waals surface area contributed by atoms with E-state index in [1.54, 1.807) is 0 Å². The maximum atomic E-state index is 9.46. The Morgan fingerprint density at radius 1 is 0.733 bits per heavy atom. The Labute approximate surface area is 89.5 Å². The molecule has 0 saturated carbocycles. The standard InChI is InChI=1S/C2H6O4S.2C2H6O2/c3-1-2-6-7(4)5;2*3-1-2-4/h3,7H,1-2H2;2*3-4H,1-2H2. The van der Waals surface area contributed by atoms with Crippen LogP contribution in [0.5, 0.6) is 0 Å². The molecule has 0 rings (SSSR count). The summed E-state index contributed by atoms with van der Waals surface area (Å²) in [4.78, 5) is 0. The summed E-state index contributed by atoms with van der Waals surface area (Å²) in [5, 5.41) is 38.4. The Balaban J connectivity index is -0.000000155. The Morgan fingerprint density at radius 3 is 1.13 bits per heavy atom. The van der Waals surface area contributed by atoms with E-state index >= 15 is 0 Å². The molecule has 0 saturated heterocycles. The van der Waals surface area contributed by atoms with Crippen molar-refractivity contribution in [2.45, 2.75) is 0 Å². The summed E-state index contributed by atoms with van der Waals surface area (Å²) in [6, 6.07) is 0. The molecule has 0 atom stereocenters. The van der Waals surface area contributed by atoms with E-state index in [2.05, 4.69) is 4.18 Å². The molecular formula is C6H18O8S. The van der Waals surface area contributed by atoms with Crippen LogP contribution >= 0.6 is 0 Å². The molecule has 0 aromatic heterocycles. The molecule has 0 unspecified atom stereocenters. The van der Waals surface area contributed by atoms with Gasteiger partial charge in [-0.25, -0.2) is 8.42 Å². The van der Waals surface area contributed by atoms with Crippen LogP contribution in [0.4, 0.5) is 0 Å². The van der Waals surface area contributed by atoms with Crippen molar-refractivity contribution >= 4 is 11.0 Å². The minimum Gasteiger partial charge on any atom is -0.394 e. The summed E-state index contributed by atoms with van der Waals surface area (Å²) >= 11 is 0. The molecule has 0 heterocycles. The lowest BCUT2D eigenvalue weighted by molar-refractivity contribution is 0.186. The zero-order chi connectivity index (χ0) is 12.5. The molecule has 96 valence electrons. The van der Waals surface area contributed by atoms with Gasteiger partial charge in [0.05, 0.1) is 39.6 Å². The van der Waals surface area contributed by atoms with E-state index in [0.717, 1.165) is 0 Å². The molecule has 0 fully saturated rings. The fourth-order valence-electron chi connectivity index (χ4n) is 0.115. The summed E-state index contributed by atoms with van der Waals surface area (Å²) in [6.07, 6.45) is 0. The zero-order valence-corrected chi connectivity index (χ0v) is 9.05. The number of hydrogen-bond acceptors (Lipinski definition) is 8. The third-order valence-corrected chi connectivity index (χ3v) is 0.881. The van der Waals surface area contributed by atoms with Crippen LogP contribution in [0, 0.1) is 0 Å².